The van der Waals surface area contributed by atoms with Gasteiger partial charge in [0, 0.05) is 31.0 Å². The van der Waals surface area contributed by atoms with Crippen LogP contribution in [0.4, 0.5) is 19.1 Å². The number of carbonyl (C=O) groups is 2. The van der Waals surface area contributed by atoms with E-state index in [4.69, 9.17) is 9.90 Å². The standard InChI is InChI=1S/C18H20N4O.C2HF3O2/c1-13-5-2-3-6-14(13)17(23)21-11-7-16-15(21)8-12-22(16)18-19-9-4-10-20-18;3-2(4,5)1(6)7/h2-6,9-10,15-16H,7-8,11-12H2,1H3;(H,6,7)/t15-,16+;/m1./s1. The number of aromatic nitrogens is 2. The summed E-state index contributed by atoms with van der Waals surface area (Å²) < 4.78 is 31.7. The molecular weight excluding hydrogens is 401 g/mol. The lowest BCUT2D eigenvalue weighted by molar-refractivity contribution is -0.192. The third-order valence-electron chi connectivity index (χ3n) is 5.26. The van der Waals surface area contributed by atoms with Crippen LogP contribution in [0.3, 0.4) is 0 Å². The highest BCUT2D eigenvalue weighted by atomic mass is 19.4. The van der Waals surface area contributed by atoms with Crippen LogP contribution in [0.25, 0.3) is 0 Å². The van der Waals surface area contributed by atoms with Crippen LogP contribution in [0.1, 0.15) is 28.8 Å². The molecule has 1 amide bonds. The van der Waals surface area contributed by atoms with Crippen LogP contribution in [0.15, 0.2) is 42.7 Å². The predicted octanol–water partition coefficient (Wildman–Crippen LogP) is 2.91. The second-order valence-electron chi connectivity index (χ2n) is 7.07. The SMILES string of the molecule is Cc1ccccc1C(=O)N1CC[C@H]2[C@H]1CCN2c1ncccn1.O=C(O)C(F)(F)F. The van der Waals surface area contributed by atoms with Crippen molar-refractivity contribution in [2.45, 2.75) is 38.0 Å². The van der Waals surface area contributed by atoms with Gasteiger partial charge in [-0.15, -0.1) is 0 Å². The van der Waals surface area contributed by atoms with Crippen molar-refractivity contribution in [1.82, 2.24) is 14.9 Å². The van der Waals surface area contributed by atoms with Crippen molar-refractivity contribution in [1.29, 1.82) is 0 Å². The summed E-state index contributed by atoms with van der Waals surface area (Å²) in [5.41, 5.74) is 1.87. The maximum Gasteiger partial charge on any atom is 0.490 e. The van der Waals surface area contributed by atoms with E-state index in [1.165, 1.54) is 0 Å². The number of carboxylic acid groups (broad SMARTS) is 1. The Morgan fingerprint density at radius 2 is 1.63 bits per heavy atom. The first-order valence-corrected chi connectivity index (χ1v) is 9.40. The number of aliphatic carboxylic acids is 1. The smallest absolute Gasteiger partial charge is 0.475 e. The second-order valence-corrected chi connectivity index (χ2v) is 7.07. The van der Waals surface area contributed by atoms with Crippen molar-refractivity contribution in [3.05, 3.63) is 53.9 Å². The summed E-state index contributed by atoms with van der Waals surface area (Å²) in [7, 11) is 0. The monoisotopic (exact) mass is 422 g/mol. The van der Waals surface area contributed by atoms with Crippen molar-refractivity contribution in [3.8, 4) is 0 Å². The van der Waals surface area contributed by atoms with Gasteiger partial charge in [-0.1, -0.05) is 18.2 Å². The summed E-state index contributed by atoms with van der Waals surface area (Å²) in [5, 5.41) is 7.12. The highest BCUT2D eigenvalue weighted by Gasteiger charge is 2.45. The first-order chi connectivity index (χ1) is 14.2. The number of amides is 1. The summed E-state index contributed by atoms with van der Waals surface area (Å²) in [6.07, 6.45) is 0.447. The van der Waals surface area contributed by atoms with Crippen molar-refractivity contribution in [3.63, 3.8) is 0 Å². The third kappa shape index (κ3) is 4.52. The van der Waals surface area contributed by atoms with E-state index in [1.807, 2.05) is 37.3 Å². The lowest BCUT2D eigenvalue weighted by atomic mass is 10.1. The van der Waals surface area contributed by atoms with Crippen LogP contribution in [0, 0.1) is 6.92 Å². The Hall–Kier alpha value is -3.17. The third-order valence-corrected chi connectivity index (χ3v) is 5.26. The maximum atomic E-state index is 12.9. The summed E-state index contributed by atoms with van der Waals surface area (Å²) in [6, 6.07) is 10.3. The number of rotatable bonds is 2. The first kappa shape index (κ1) is 21.5. The fourth-order valence-corrected chi connectivity index (χ4v) is 3.89. The molecule has 0 spiro atoms. The predicted molar refractivity (Wildman–Crippen MR) is 102 cm³/mol. The molecule has 1 aromatic heterocycles. The zero-order chi connectivity index (χ0) is 21.9. The normalized spacial score (nSPS) is 20.4. The second kappa shape index (κ2) is 8.68. The van der Waals surface area contributed by atoms with Gasteiger partial charge in [0.25, 0.3) is 5.91 Å². The molecule has 1 aromatic carbocycles. The molecule has 7 nitrogen and oxygen atoms in total. The van der Waals surface area contributed by atoms with Crippen molar-refractivity contribution < 1.29 is 27.9 Å². The molecule has 0 aliphatic carbocycles. The summed E-state index contributed by atoms with van der Waals surface area (Å²) >= 11 is 0. The molecule has 30 heavy (non-hydrogen) atoms. The largest absolute Gasteiger partial charge is 0.490 e. The zero-order valence-electron chi connectivity index (χ0n) is 16.2. The molecule has 0 saturated carbocycles. The molecular formula is C20H21F3N4O3. The van der Waals surface area contributed by atoms with E-state index in [0.717, 1.165) is 43.0 Å². The number of halogens is 3. The molecule has 4 rings (SSSR count). The topological polar surface area (TPSA) is 86.6 Å². The van der Waals surface area contributed by atoms with Crippen LogP contribution in [-0.4, -0.2) is 63.2 Å². The van der Waals surface area contributed by atoms with Gasteiger partial charge in [-0.25, -0.2) is 14.8 Å². The van der Waals surface area contributed by atoms with Gasteiger partial charge >= 0.3 is 12.1 Å². The molecule has 2 aliphatic heterocycles. The average molecular weight is 422 g/mol. The van der Waals surface area contributed by atoms with Crippen LogP contribution < -0.4 is 4.90 Å². The zero-order valence-corrected chi connectivity index (χ0v) is 16.2. The molecule has 2 aromatic rings. The van der Waals surface area contributed by atoms with Gasteiger partial charge in [-0.2, -0.15) is 13.2 Å². The van der Waals surface area contributed by atoms with Crippen LogP contribution >= 0.6 is 0 Å². The number of hydrogen-bond donors (Lipinski definition) is 1. The van der Waals surface area contributed by atoms with Gasteiger partial charge < -0.3 is 14.9 Å². The lowest BCUT2D eigenvalue weighted by Crippen LogP contribution is -2.40. The molecule has 10 heteroatoms. The van der Waals surface area contributed by atoms with E-state index in [0.29, 0.717) is 6.04 Å². The fraction of sp³-hybridized carbons (Fsp3) is 0.400. The van der Waals surface area contributed by atoms with Gasteiger partial charge in [-0.3, -0.25) is 4.79 Å². The van der Waals surface area contributed by atoms with E-state index in [2.05, 4.69) is 19.8 Å². The first-order valence-electron chi connectivity index (χ1n) is 9.40. The number of aryl methyl sites for hydroxylation is 1. The van der Waals surface area contributed by atoms with Crippen LogP contribution in [0.5, 0.6) is 0 Å². The summed E-state index contributed by atoms with van der Waals surface area (Å²) in [4.78, 5) is 34.9. The molecule has 2 saturated heterocycles. The minimum absolute atomic E-state index is 0.159. The maximum absolute atomic E-state index is 12.9. The molecule has 2 atom stereocenters. The van der Waals surface area contributed by atoms with Gasteiger partial charge in [0.05, 0.1) is 12.1 Å². The number of alkyl halides is 3. The molecule has 2 fully saturated rings. The quantitative estimate of drug-likeness (QED) is 0.801. The minimum atomic E-state index is -5.08. The molecule has 1 N–H and O–H groups in total. The van der Waals surface area contributed by atoms with E-state index < -0.39 is 12.1 Å². The lowest BCUT2D eigenvalue weighted by Gasteiger charge is -2.26. The van der Waals surface area contributed by atoms with Crippen LogP contribution in [-0.2, 0) is 4.79 Å². The summed E-state index contributed by atoms with van der Waals surface area (Å²) in [5.74, 6) is -1.82. The van der Waals surface area contributed by atoms with Crippen molar-refractivity contribution in [2.24, 2.45) is 0 Å². The molecule has 160 valence electrons. The Bertz CT molecular complexity index is 908. The van der Waals surface area contributed by atoms with Gasteiger partial charge in [0.1, 0.15) is 0 Å². The molecule has 0 bridgehead atoms. The highest BCUT2D eigenvalue weighted by molar-refractivity contribution is 5.96. The van der Waals surface area contributed by atoms with Crippen LogP contribution in [0.2, 0.25) is 0 Å². The number of fused-ring (bicyclic) bond motifs is 1. The Labute approximate surface area is 171 Å². The fourth-order valence-electron chi connectivity index (χ4n) is 3.89. The number of carbonyl (C=O) groups excluding carboxylic acids is 1. The average Bonchev–Trinajstić information content (AvgIpc) is 3.30. The number of anilines is 1. The molecule has 3 heterocycles. The summed E-state index contributed by atoms with van der Waals surface area (Å²) in [6.45, 7) is 3.72. The van der Waals surface area contributed by atoms with E-state index in [9.17, 15) is 18.0 Å². The van der Waals surface area contributed by atoms with Gasteiger partial charge in [-0.05, 0) is 37.5 Å². The van der Waals surface area contributed by atoms with E-state index in [1.54, 1.807) is 12.4 Å². The number of likely N-dealkylation sites (tertiary alicyclic amines) is 1. The van der Waals surface area contributed by atoms with E-state index >= 15 is 0 Å². The van der Waals surface area contributed by atoms with Gasteiger partial charge in [0.2, 0.25) is 5.95 Å². The minimum Gasteiger partial charge on any atom is -0.475 e. The number of carboxylic acids is 1. The Kier molecular flexibility index (Phi) is 6.23. The Morgan fingerprint density at radius 3 is 2.23 bits per heavy atom. The molecule has 0 radical (unpaired) electrons. The number of benzene rings is 1. The molecule has 2 aliphatic rings. The van der Waals surface area contributed by atoms with Gasteiger partial charge in [0.15, 0.2) is 0 Å². The van der Waals surface area contributed by atoms with Crippen molar-refractivity contribution >= 4 is 17.8 Å². The molecule has 0 unspecified atom stereocenters. The Morgan fingerprint density at radius 1 is 1.03 bits per heavy atom. The highest BCUT2D eigenvalue weighted by Crippen LogP contribution is 2.34. The van der Waals surface area contributed by atoms with E-state index in [-0.39, 0.29) is 11.9 Å². The van der Waals surface area contributed by atoms with Crippen molar-refractivity contribution in [2.75, 3.05) is 18.0 Å². The Balaban J connectivity index is 0.000000318. The number of nitrogens with zero attached hydrogens (tertiary/aromatic N) is 4. The number of hydrogen-bond acceptors (Lipinski definition) is 5.